The van der Waals surface area contributed by atoms with Crippen LogP contribution in [0.2, 0.25) is 0 Å². The van der Waals surface area contributed by atoms with Crippen molar-refractivity contribution in [3.63, 3.8) is 0 Å². The van der Waals surface area contributed by atoms with Crippen LogP contribution >= 0.6 is 0 Å². The van der Waals surface area contributed by atoms with E-state index in [1.807, 2.05) is 27.7 Å². The van der Waals surface area contributed by atoms with Gasteiger partial charge < -0.3 is 24.8 Å². The first-order valence-corrected chi connectivity index (χ1v) is 18.0. The minimum Gasteiger partial charge on any atom is -0.492 e. The maximum Gasteiger partial charge on any atom is 0.407 e. The van der Waals surface area contributed by atoms with Crippen LogP contribution in [0.1, 0.15) is 81.7 Å². The van der Waals surface area contributed by atoms with Gasteiger partial charge >= 0.3 is 6.09 Å². The van der Waals surface area contributed by atoms with Crippen LogP contribution in [0.25, 0.3) is 0 Å². The molecule has 0 saturated carbocycles. The molecule has 0 atom stereocenters. The maximum atomic E-state index is 13.6. The summed E-state index contributed by atoms with van der Waals surface area (Å²) in [6.07, 6.45) is 3.23. The number of anilines is 2. The number of amides is 2. The van der Waals surface area contributed by atoms with Crippen LogP contribution in [0.15, 0.2) is 42.6 Å². The van der Waals surface area contributed by atoms with Gasteiger partial charge in [0, 0.05) is 42.5 Å². The van der Waals surface area contributed by atoms with Crippen LogP contribution in [-0.2, 0) is 22.0 Å². The van der Waals surface area contributed by atoms with Gasteiger partial charge in [0.1, 0.15) is 11.6 Å². The number of nitrogens with one attached hydrogen (secondary N) is 2. The largest absolute Gasteiger partial charge is 0.492 e. The number of hydrogen-bond acceptors (Lipinski definition) is 9. The molecule has 14 heteroatoms. The Morgan fingerprint density at radius 2 is 1.69 bits per heavy atom. The minimum absolute atomic E-state index is 0.169. The Labute approximate surface area is 289 Å². The number of piperidine rings is 1. The molecule has 1 aliphatic heterocycles. The highest BCUT2D eigenvalue weighted by Crippen LogP contribution is 2.39. The van der Waals surface area contributed by atoms with E-state index in [1.165, 1.54) is 12.0 Å². The van der Waals surface area contributed by atoms with Crippen molar-refractivity contribution in [2.24, 2.45) is 0 Å². The average Bonchev–Trinajstić information content (AvgIpc) is 2.99. The molecule has 2 amide bonds. The third-order valence-corrected chi connectivity index (χ3v) is 8.99. The SMILES string of the molecule is COc1c(NC(=O)c2ccc(C)c(Oc3ccnc(CN(C4CCN(C(=O)O)CC4)C(C)(C)C)n3)c2)cc(C(C)(C)C)cc1NS(C)(=O)=O. The third-order valence-electron chi connectivity index (χ3n) is 8.40. The number of ether oxygens (including phenoxy) is 2. The predicted molar refractivity (Wildman–Crippen MR) is 189 cm³/mol. The number of carboxylic acid groups (broad SMARTS) is 1. The lowest BCUT2D eigenvalue weighted by atomic mass is 9.86. The Balaban J connectivity index is 1.56. The molecule has 2 heterocycles. The molecule has 3 aromatic rings. The molecular formula is C35H48N6O7S. The quantitative estimate of drug-likeness (QED) is 0.221. The van der Waals surface area contributed by atoms with Crippen molar-refractivity contribution in [1.82, 2.24) is 19.8 Å². The van der Waals surface area contributed by atoms with Crippen molar-refractivity contribution in [3.05, 3.63) is 65.1 Å². The van der Waals surface area contributed by atoms with Crippen LogP contribution in [0.5, 0.6) is 17.4 Å². The van der Waals surface area contributed by atoms with Crippen LogP contribution in [0.3, 0.4) is 0 Å². The van der Waals surface area contributed by atoms with Crippen molar-refractivity contribution in [2.45, 2.75) is 84.8 Å². The molecule has 266 valence electrons. The van der Waals surface area contributed by atoms with Crippen LogP contribution in [0.4, 0.5) is 16.2 Å². The van der Waals surface area contributed by atoms with Gasteiger partial charge in [-0.2, -0.15) is 4.98 Å². The van der Waals surface area contributed by atoms with E-state index in [-0.39, 0.29) is 28.4 Å². The standard InChI is InChI=1S/C35H48N6O7S/c1-22-10-11-23(32(42)37-26-19-24(34(2,3)4)20-27(31(26)47-8)39-49(9,45)46)18-28(22)48-30-12-15-36-29(38-30)21-41(35(5,6)7)25-13-16-40(17-14-25)33(43)44/h10-12,15,18-20,25,39H,13-14,16-17,21H2,1-9H3,(H,37,42)(H,43,44). The van der Waals surface area contributed by atoms with E-state index in [1.54, 1.807) is 42.6 Å². The molecule has 3 N–H and O–H groups in total. The summed E-state index contributed by atoms with van der Waals surface area (Å²) in [5.41, 5.74) is 1.83. The fraction of sp³-hybridized carbons (Fsp3) is 0.486. The van der Waals surface area contributed by atoms with Crippen molar-refractivity contribution in [3.8, 4) is 17.4 Å². The second kappa shape index (κ2) is 14.6. The van der Waals surface area contributed by atoms with Crippen molar-refractivity contribution in [1.29, 1.82) is 0 Å². The highest BCUT2D eigenvalue weighted by molar-refractivity contribution is 7.92. The van der Waals surface area contributed by atoms with Crippen molar-refractivity contribution < 1.29 is 32.6 Å². The zero-order valence-electron chi connectivity index (χ0n) is 29.7. The molecule has 0 spiro atoms. The fourth-order valence-electron chi connectivity index (χ4n) is 5.76. The summed E-state index contributed by atoms with van der Waals surface area (Å²) in [5, 5.41) is 12.3. The number of methoxy groups -OCH3 is 1. The lowest BCUT2D eigenvalue weighted by Gasteiger charge is -2.44. The zero-order valence-corrected chi connectivity index (χ0v) is 30.6. The topological polar surface area (TPSA) is 163 Å². The molecule has 0 radical (unpaired) electrons. The van der Waals surface area contributed by atoms with Gasteiger partial charge in [0.05, 0.1) is 31.3 Å². The first-order chi connectivity index (χ1) is 22.7. The minimum atomic E-state index is -3.63. The Hall–Kier alpha value is -4.43. The summed E-state index contributed by atoms with van der Waals surface area (Å²) in [5.74, 6) is 1.04. The molecule has 1 fully saturated rings. The second-order valence-electron chi connectivity index (χ2n) is 14.4. The third kappa shape index (κ3) is 9.82. The number of likely N-dealkylation sites (tertiary alicyclic amines) is 1. The number of sulfonamides is 1. The molecule has 49 heavy (non-hydrogen) atoms. The van der Waals surface area contributed by atoms with Gasteiger partial charge in [-0.1, -0.05) is 26.8 Å². The van der Waals surface area contributed by atoms with E-state index < -0.39 is 22.0 Å². The summed E-state index contributed by atoms with van der Waals surface area (Å²) in [6, 6.07) is 10.4. The van der Waals surface area contributed by atoms with Gasteiger partial charge in [-0.3, -0.25) is 14.4 Å². The Morgan fingerprint density at radius 3 is 2.27 bits per heavy atom. The van der Waals surface area contributed by atoms with Crippen molar-refractivity contribution in [2.75, 3.05) is 36.5 Å². The van der Waals surface area contributed by atoms with Gasteiger partial charge in [-0.15, -0.1) is 0 Å². The van der Waals surface area contributed by atoms with Crippen LogP contribution in [0, 0.1) is 6.92 Å². The molecule has 4 rings (SSSR count). The Kier molecular flexibility index (Phi) is 11.1. The number of hydrogen-bond donors (Lipinski definition) is 3. The van der Waals surface area contributed by atoms with Crippen LogP contribution < -0.4 is 19.5 Å². The van der Waals surface area contributed by atoms with Gasteiger partial charge in [0.2, 0.25) is 15.9 Å². The Bertz CT molecular complexity index is 1790. The number of carbonyl (C=O) groups is 2. The molecule has 0 bridgehead atoms. The normalized spacial score (nSPS) is 14.4. The first-order valence-electron chi connectivity index (χ1n) is 16.1. The first kappa shape index (κ1) is 37.4. The summed E-state index contributed by atoms with van der Waals surface area (Å²) < 4.78 is 38.5. The van der Waals surface area contributed by atoms with Crippen LogP contribution in [-0.4, -0.2) is 83.3 Å². The average molecular weight is 697 g/mol. The molecule has 2 aromatic carbocycles. The monoisotopic (exact) mass is 696 g/mol. The zero-order chi connectivity index (χ0) is 36.3. The number of benzene rings is 2. The van der Waals surface area contributed by atoms with E-state index in [4.69, 9.17) is 9.47 Å². The smallest absolute Gasteiger partial charge is 0.407 e. The van der Waals surface area contributed by atoms with Gasteiger partial charge in [0.25, 0.3) is 5.91 Å². The summed E-state index contributed by atoms with van der Waals surface area (Å²) in [4.78, 5) is 38.0. The number of carbonyl (C=O) groups excluding carboxylic acids is 1. The second-order valence-corrected chi connectivity index (χ2v) is 16.1. The highest BCUT2D eigenvalue weighted by Gasteiger charge is 2.33. The lowest BCUT2D eigenvalue weighted by Crippen LogP contribution is -2.52. The van der Waals surface area contributed by atoms with Gasteiger partial charge in [-0.05, 0) is 81.3 Å². The van der Waals surface area contributed by atoms with Gasteiger partial charge in [0.15, 0.2) is 5.75 Å². The summed E-state index contributed by atoms with van der Waals surface area (Å²) in [6.45, 7) is 15.6. The van der Waals surface area contributed by atoms with E-state index in [0.29, 0.717) is 48.3 Å². The Morgan fingerprint density at radius 1 is 1.04 bits per heavy atom. The van der Waals surface area contributed by atoms with Crippen molar-refractivity contribution >= 4 is 33.4 Å². The molecule has 0 aliphatic carbocycles. The van der Waals surface area contributed by atoms with E-state index in [0.717, 1.165) is 30.2 Å². The molecule has 1 saturated heterocycles. The molecule has 1 aliphatic rings. The van der Waals surface area contributed by atoms with E-state index in [9.17, 15) is 23.1 Å². The molecular weight excluding hydrogens is 648 g/mol. The predicted octanol–water partition coefficient (Wildman–Crippen LogP) is 6.25. The molecule has 1 aromatic heterocycles. The number of rotatable bonds is 10. The molecule has 13 nitrogen and oxygen atoms in total. The number of nitrogens with zero attached hydrogens (tertiary/aromatic N) is 4. The highest BCUT2D eigenvalue weighted by atomic mass is 32.2. The number of aryl methyl sites for hydroxylation is 1. The fourth-order valence-corrected chi connectivity index (χ4v) is 6.31. The van der Waals surface area contributed by atoms with Gasteiger partial charge in [-0.25, -0.2) is 18.2 Å². The number of aromatic nitrogens is 2. The van der Waals surface area contributed by atoms with E-state index >= 15 is 0 Å². The van der Waals surface area contributed by atoms with E-state index in [2.05, 4.69) is 45.7 Å². The summed E-state index contributed by atoms with van der Waals surface area (Å²) >= 11 is 0. The maximum absolute atomic E-state index is 13.6. The molecule has 0 unspecified atom stereocenters. The lowest BCUT2D eigenvalue weighted by molar-refractivity contribution is 0.0317. The summed E-state index contributed by atoms with van der Waals surface area (Å²) in [7, 11) is -2.22.